The first-order chi connectivity index (χ1) is 9.56. The van der Waals surface area contributed by atoms with Crippen molar-refractivity contribution in [3.8, 4) is 0 Å². The van der Waals surface area contributed by atoms with Crippen molar-refractivity contribution in [2.45, 2.75) is 52.9 Å². The minimum absolute atomic E-state index is 0.734. The highest BCUT2D eigenvalue weighted by molar-refractivity contribution is 5.99. The fraction of sp³-hybridized carbons (Fsp3) is 0.526. The smallest absolute Gasteiger partial charge is 0.0597 e. The molecule has 1 aromatic rings. The Morgan fingerprint density at radius 2 is 1.95 bits per heavy atom. The molecule has 1 nitrogen and oxygen atoms in total. The quantitative estimate of drug-likeness (QED) is 0.520. The Bertz CT molecular complexity index is 504. The molecule has 0 amide bonds. The molecule has 0 spiro atoms. The summed E-state index contributed by atoms with van der Waals surface area (Å²) in [6, 6.07) is 6.80. The fourth-order valence-corrected chi connectivity index (χ4v) is 2.99. The maximum Gasteiger partial charge on any atom is 0.0597 e. The van der Waals surface area contributed by atoms with Crippen molar-refractivity contribution < 1.29 is 0 Å². The molecule has 0 radical (unpaired) electrons. The number of rotatable bonds is 5. The second-order valence-electron chi connectivity index (χ2n) is 6.35. The lowest BCUT2D eigenvalue weighted by atomic mass is 9.93. The molecule has 1 aromatic carbocycles. The molecular formula is C19H27N. The lowest BCUT2D eigenvalue weighted by Crippen LogP contribution is -2.04. The predicted molar refractivity (Wildman–Crippen MR) is 88.7 cm³/mol. The van der Waals surface area contributed by atoms with Crippen molar-refractivity contribution in [2.75, 3.05) is 6.54 Å². The number of aryl methyl sites for hydroxylation is 1. The summed E-state index contributed by atoms with van der Waals surface area (Å²) in [5.74, 6) is 0.900. The SMILES string of the molecule is C=C(C)CN=C(C)c1ccc(C)c(CC2CCCC2)c1. The fourth-order valence-electron chi connectivity index (χ4n) is 2.99. The summed E-state index contributed by atoms with van der Waals surface area (Å²) < 4.78 is 0. The number of aliphatic imine (C=N–C) groups is 1. The maximum absolute atomic E-state index is 4.61. The molecule has 1 aliphatic rings. The Balaban J connectivity index is 2.14. The lowest BCUT2D eigenvalue weighted by Gasteiger charge is -2.13. The molecule has 1 saturated carbocycles. The van der Waals surface area contributed by atoms with E-state index < -0.39 is 0 Å². The molecule has 0 unspecified atom stereocenters. The van der Waals surface area contributed by atoms with Gasteiger partial charge in [0.15, 0.2) is 0 Å². The Morgan fingerprint density at radius 3 is 2.60 bits per heavy atom. The Kier molecular flexibility index (Phi) is 5.17. The van der Waals surface area contributed by atoms with Crippen LogP contribution in [0.2, 0.25) is 0 Å². The lowest BCUT2D eigenvalue weighted by molar-refractivity contribution is 0.545. The first-order valence-electron chi connectivity index (χ1n) is 7.81. The second-order valence-corrected chi connectivity index (χ2v) is 6.35. The van der Waals surface area contributed by atoms with Gasteiger partial charge in [-0.25, -0.2) is 0 Å². The van der Waals surface area contributed by atoms with Crippen LogP contribution < -0.4 is 0 Å². The summed E-state index contributed by atoms with van der Waals surface area (Å²) in [6.45, 7) is 11.0. The maximum atomic E-state index is 4.61. The van der Waals surface area contributed by atoms with E-state index in [4.69, 9.17) is 0 Å². The first kappa shape index (κ1) is 15.0. The van der Waals surface area contributed by atoms with Gasteiger partial charge < -0.3 is 0 Å². The average molecular weight is 269 g/mol. The van der Waals surface area contributed by atoms with E-state index in [1.165, 1.54) is 48.8 Å². The van der Waals surface area contributed by atoms with Crippen LogP contribution in [0.25, 0.3) is 0 Å². The van der Waals surface area contributed by atoms with Gasteiger partial charge in [-0.3, -0.25) is 4.99 Å². The summed E-state index contributed by atoms with van der Waals surface area (Å²) in [5, 5.41) is 0. The van der Waals surface area contributed by atoms with Crippen LogP contribution in [-0.2, 0) is 6.42 Å². The molecule has 0 aliphatic heterocycles. The Hall–Kier alpha value is -1.37. The average Bonchev–Trinajstić information content (AvgIpc) is 2.91. The normalized spacial score (nSPS) is 16.6. The zero-order chi connectivity index (χ0) is 14.5. The van der Waals surface area contributed by atoms with Gasteiger partial charge in [0.1, 0.15) is 0 Å². The van der Waals surface area contributed by atoms with Gasteiger partial charge in [0.05, 0.1) is 6.54 Å². The topological polar surface area (TPSA) is 12.4 Å². The predicted octanol–water partition coefficient (Wildman–Crippen LogP) is 5.11. The summed E-state index contributed by atoms with van der Waals surface area (Å²) in [6.07, 6.45) is 6.90. The molecule has 0 atom stereocenters. The van der Waals surface area contributed by atoms with Crippen LogP contribution in [0, 0.1) is 12.8 Å². The second kappa shape index (κ2) is 6.88. The van der Waals surface area contributed by atoms with Gasteiger partial charge in [-0.2, -0.15) is 0 Å². The Labute approximate surface area is 123 Å². The van der Waals surface area contributed by atoms with Crippen LogP contribution in [0.15, 0.2) is 35.3 Å². The number of hydrogen-bond donors (Lipinski definition) is 0. The van der Waals surface area contributed by atoms with Gasteiger partial charge in [-0.1, -0.05) is 50.0 Å². The molecule has 1 aliphatic carbocycles. The zero-order valence-corrected chi connectivity index (χ0v) is 13.2. The van der Waals surface area contributed by atoms with E-state index in [0.717, 1.165) is 23.7 Å². The van der Waals surface area contributed by atoms with E-state index in [1.54, 1.807) is 0 Å². The minimum atomic E-state index is 0.734. The van der Waals surface area contributed by atoms with Crippen LogP contribution in [0.5, 0.6) is 0 Å². The van der Waals surface area contributed by atoms with Crippen LogP contribution in [0.4, 0.5) is 0 Å². The summed E-state index contributed by atoms with van der Waals surface area (Å²) in [4.78, 5) is 4.61. The van der Waals surface area contributed by atoms with E-state index in [9.17, 15) is 0 Å². The Morgan fingerprint density at radius 1 is 1.25 bits per heavy atom. The van der Waals surface area contributed by atoms with Gasteiger partial charge in [-0.15, -0.1) is 0 Å². The molecule has 0 saturated heterocycles. The molecule has 1 fully saturated rings. The third-order valence-electron chi connectivity index (χ3n) is 4.34. The summed E-state index contributed by atoms with van der Waals surface area (Å²) in [5.41, 5.74) is 6.45. The summed E-state index contributed by atoms with van der Waals surface area (Å²) >= 11 is 0. The molecule has 2 rings (SSSR count). The minimum Gasteiger partial charge on any atom is -0.285 e. The van der Waals surface area contributed by atoms with Crippen LogP contribution in [0.3, 0.4) is 0 Å². The number of benzene rings is 1. The van der Waals surface area contributed by atoms with E-state index in [0.29, 0.717) is 0 Å². The van der Waals surface area contributed by atoms with Gasteiger partial charge in [0.25, 0.3) is 0 Å². The molecule has 0 aromatic heterocycles. The third-order valence-corrected chi connectivity index (χ3v) is 4.34. The van der Waals surface area contributed by atoms with Crippen molar-refractivity contribution in [1.82, 2.24) is 0 Å². The van der Waals surface area contributed by atoms with Gasteiger partial charge in [0, 0.05) is 5.71 Å². The highest BCUT2D eigenvalue weighted by Crippen LogP contribution is 2.29. The summed E-state index contributed by atoms with van der Waals surface area (Å²) in [7, 11) is 0. The van der Waals surface area contributed by atoms with Gasteiger partial charge >= 0.3 is 0 Å². The van der Waals surface area contributed by atoms with Crippen molar-refractivity contribution in [2.24, 2.45) is 10.9 Å². The van der Waals surface area contributed by atoms with Crippen molar-refractivity contribution >= 4 is 5.71 Å². The molecule has 1 heteroatoms. The third kappa shape index (κ3) is 4.06. The molecule has 0 bridgehead atoms. The highest BCUT2D eigenvalue weighted by Gasteiger charge is 2.16. The van der Waals surface area contributed by atoms with E-state index in [-0.39, 0.29) is 0 Å². The first-order valence-corrected chi connectivity index (χ1v) is 7.81. The molecule has 0 N–H and O–H groups in total. The highest BCUT2D eigenvalue weighted by atomic mass is 14.7. The van der Waals surface area contributed by atoms with Crippen LogP contribution in [0.1, 0.15) is 56.2 Å². The standard InChI is InChI=1S/C19H27N/c1-14(2)13-20-16(4)18-10-9-15(3)19(12-18)11-17-7-5-6-8-17/h9-10,12,17H,1,5-8,11,13H2,2-4H3. The van der Waals surface area contributed by atoms with E-state index >= 15 is 0 Å². The molecule has 0 heterocycles. The van der Waals surface area contributed by atoms with Gasteiger partial charge in [0.2, 0.25) is 0 Å². The van der Waals surface area contributed by atoms with Crippen LogP contribution >= 0.6 is 0 Å². The molecule has 108 valence electrons. The zero-order valence-electron chi connectivity index (χ0n) is 13.2. The van der Waals surface area contributed by atoms with E-state index in [1.807, 2.05) is 6.92 Å². The van der Waals surface area contributed by atoms with Crippen LogP contribution in [-0.4, -0.2) is 12.3 Å². The number of nitrogens with zero attached hydrogens (tertiary/aromatic N) is 1. The number of hydrogen-bond acceptors (Lipinski definition) is 1. The van der Waals surface area contributed by atoms with Crippen molar-refractivity contribution in [3.05, 3.63) is 47.0 Å². The largest absolute Gasteiger partial charge is 0.285 e. The monoisotopic (exact) mass is 269 g/mol. The van der Waals surface area contributed by atoms with Crippen molar-refractivity contribution in [3.63, 3.8) is 0 Å². The molecular weight excluding hydrogens is 242 g/mol. The van der Waals surface area contributed by atoms with Crippen molar-refractivity contribution in [1.29, 1.82) is 0 Å². The molecule has 20 heavy (non-hydrogen) atoms. The van der Waals surface area contributed by atoms with E-state index in [2.05, 4.69) is 43.6 Å². The van der Waals surface area contributed by atoms with Gasteiger partial charge in [-0.05, 0) is 55.9 Å².